The van der Waals surface area contributed by atoms with Gasteiger partial charge in [-0.25, -0.2) is 9.18 Å². The second kappa shape index (κ2) is 14.3. The Morgan fingerprint density at radius 2 is 1.78 bits per heavy atom. The number of unbranched alkanes of at least 4 members (excludes halogenated alkanes) is 1. The highest BCUT2D eigenvalue weighted by Crippen LogP contribution is 2.33. The van der Waals surface area contributed by atoms with Crippen LogP contribution in [0.2, 0.25) is 0 Å². The first-order chi connectivity index (χ1) is 17.7. The minimum Gasteiger partial charge on any atom is -0.330 e. The lowest BCUT2D eigenvalue weighted by Gasteiger charge is -2.49. The van der Waals surface area contributed by atoms with Gasteiger partial charge in [-0.1, -0.05) is 38.5 Å². The zero-order chi connectivity index (χ0) is 26.8. The Labute approximate surface area is 217 Å². The number of rotatable bonds is 8. The third kappa shape index (κ3) is 9.08. The van der Waals surface area contributed by atoms with E-state index in [0.717, 1.165) is 57.6 Å². The molecule has 0 bridgehead atoms. The van der Waals surface area contributed by atoms with E-state index in [0.29, 0.717) is 18.7 Å². The number of carbonyl (C=O) groups excluding carboxylic acids is 1. The number of benzene rings is 1. The molecule has 2 amide bonds. The van der Waals surface area contributed by atoms with Crippen LogP contribution >= 0.6 is 0 Å². The Morgan fingerprint density at radius 3 is 2.43 bits per heavy atom. The molecular formula is C26H42F4N6O. The van der Waals surface area contributed by atoms with E-state index in [1.54, 1.807) is 0 Å². The average Bonchev–Trinajstić information content (AvgIpc) is 2.96. The van der Waals surface area contributed by atoms with Crippen molar-refractivity contribution in [2.75, 3.05) is 18.4 Å². The summed E-state index contributed by atoms with van der Waals surface area (Å²) in [6.45, 7) is 3.50. The number of anilines is 1. The van der Waals surface area contributed by atoms with Crippen LogP contribution in [0.4, 0.5) is 28.0 Å². The molecule has 0 radical (unpaired) electrons. The summed E-state index contributed by atoms with van der Waals surface area (Å²) < 4.78 is 53.1. The largest absolute Gasteiger partial charge is 0.419 e. The Kier molecular flexibility index (Phi) is 11.4. The summed E-state index contributed by atoms with van der Waals surface area (Å²) in [5.41, 5.74) is 4.12. The van der Waals surface area contributed by atoms with E-state index in [4.69, 9.17) is 5.73 Å². The van der Waals surface area contributed by atoms with Gasteiger partial charge in [-0.3, -0.25) is 10.2 Å². The number of nitrogens with two attached hydrogens (primary N) is 1. The first-order valence-electron chi connectivity index (χ1n) is 13.6. The molecule has 1 aromatic carbocycles. The lowest BCUT2D eigenvalue weighted by molar-refractivity contribution is -0.139. The number of alkyl halides is 3. The highest BCUT2D eigenvalue weighted by Gasteiger charge is 2.39. The molecule has 2 fully saturated rings. The fourth-order valence-electron chi connectivity index (χ4n) is 5.39. The second-order valence-corrected chi connectivity index (χ2v) is 10.3. The number of amides is 2. The van der Waals surface area contributed by atoms with Gasteiger partial charge in [0.05, 0.1) is 11.7 Å². The second-order valence-electron chi connectivity index (χ2n) is 10.3. The SMILES string of the molecule is CC1CC(NCCCCN)N(C2CCCCCCCC2)C(NC(=O)Nc2ccc(F)c(C(F)(F)F)c2)N1. The zero-order valence-electron chi connectivity index (χ0n) is 21.7. The minimum absolute atomic E-state index is 0.0349. The molecule has 1 heterocycles. The third-order valence-electron chi connectivity index (χ3n) is 7.23. The summed E-state index contributed by atoms with van der Waals surface area (Å²) in [5, 5.41) is 12.5. The van der Waals surface area contributed by atoms with Gasteiger partial charge in [-0.05, 0) is 70.3 Å². The van der Waals surface area contributed by atoms with Crippen LogP contribution in [0, 0.1) is 5.82 Å². The van der Waals surface area contributed by atoms with Crippen LogP contribution in [-0.4, -0.2) is 48.6 Å². The van der Waals surface area contributed by atoms with E-state index in [1.165, 1.54) is 25.7 Å². The molecule has 6 N–H and O–H groups in total. The fourth-order valence-corrected chi connectivity index (χ4v) is 5.39. The lowest BCUT2D eigenvalue weighted by Crippen LogP contribution is -2.71. The van der Waals surface area contributed by atoms with Gasteiger partial charge in [-0.15, -0.1) is 0 Å². The van der Waals surface area contributed by atoms with E-state index >= 15 is 0 Å². The molecule has 0 aromatic heterocycles. The van der Waals surface area contributed by atoms with Crippen molar-refractivity contribution < 1.29 is 22.4 Å². The molecule has 1 aliphatic carbocycles. The summed E-state index contributed by atoms with van der Waals surface area (Å²) in [5.74, 6) is -1.38. The maximum Gasteiger partial charge on any atom is 0.419 e. The van der Waals surface area contributed by atoms with Crippen LogP contribution in [0.3, 0.4) is 0 Å². The Hall–Kier alpha value is -1.95. The van der Waals surface area contributed by atoms with Crippen molar-refractivity contribution in [1.29, 1.82) is 0 Å². The molecule has 0 spiro atoms. The van der Waals surface area contributed by atoms with E-state index in [9.17, 15) is 22.4 Å². The van der Waals surface area contributed by atoms with Crippen molar-refractivity contribution in [3.8, 4) is 0 Å². The average molecular weight is 531 g/mol. The molecule has 3 atom stereocenters. The minimum atomic E-state index is -4.85. The van der Waals surface area contributed by atoms with Gasteiger partial charge in [-0.2, -0.15) is 13.2 Å². The molecule has 7 nitrogen and oxygen atoms in total. The fraction of sp³-hybridized carbons (Fsp3) is 0.731. The number of hydrogen-bond donors (Lipinski definition) is 5. The summed E-state index contributed by atoms with van der Waals surface area (Å²) in [4.78, 5) is 15.3. The van der Waals surface area contributed by atoms with Crippen LogP contribution in [0.5, 0.6) is 0 Å². The van der Waals surface area contributed by atoms with Gasteiger partial charge in [0, 0.05) is 17.8 Å². The van der Waals surface area contributed by atoms with Crippen molar-refractivity contribution in [3.63, 3.8) is 0 Å². The number of nitrogens with zero attached hydrogens (tertiary/aromatic N) is 1. The van der Waals surface area contributed by atoms with E-state index in [-0.39, 0.29) is 23.9 Å². The van der Waals surface area contributed by atoms with Crippen molar-refractivity contribution in [2.45, 2.75) is 108 Å². The monoisotopic (exact) mass is 530 g/mol. The van der Waals surface area contributed by atoms with Gasteiger partial charge in [0.1, 0.15) is 12.1 Å². The number of carbonyl (C=O) groups is 1. The van der Waals surface area contributed by atoms with E-state index in [2.05, 4.69) is 33.1 Å². The quantitative estimate of drug-likeness (QED) is 0.238. The molecule has 2 aliphatic rings. The van der Waals surface area contributed by atoms with Crippen LogP contribution in [0.15, 0.2) is 18.2 Å². The molecule has 37 heavy (non-hydrogen) atoms. The van der Waals surface area contributed by atoms with Crippen molar-refractivity contribution >= 4 is 11.7 Å². The van der Waals surface area contributed by atoms with Crippen molar-refractivity contribution in [2.24, 2.45) is 5.73 Å². The van der Waals surface area contributed by atoms with Crippen LogP contribution in [0.25, 0.3) is 0 Å². The zero-order valence-corrected chi connectivity index (χ0v) is 21.7. The van der Waals surface area contributed by atoms with Crippen LogP contribution < -0.4 is 27.0 Å². The van der Waals surface area contributed by atoms with E-state index in [1.807, 2.05) is 0 Å². The van der Waals surface area contributed by atoms with Gasteiger partial charge >= 0.3 is 12.2 Å². The summed E-state index contributed by atoms with van der Waals surface area (Å²) >= 11 is 0. The van der Waals surface area contributed by atoms with Gasteiger partial charge < -0.3 is 21.7 Å². The topological polar surface area (TPSA) is 94.5 Å². The lowest BCUT2D eigenvalue weighted by atomic mass is 9.99. The van der Waals surface area contributed by atoms with Gasteiger partial charge in [0.2, 0.25) is 0 Å². The Bertz CT molecular complexity index is 845. The molecule has 3 rings (SSSR count). The maximum atomic E-state index is 13.7. The van der Waals surface area contributed by atoms with E-state index < -0.39 is 29.9 Å². The molecule has 1 saturated carbocycles. The molecule has 210 valence electrons. The van der Waals surface area contributed by atoms with Gasteiger partial charge in [0.25, 0.3) is 0 Å². The first-order valence-corrected chi connectivity index (χ1v) is 13.6. The number of urea groups is 1. The summed E-state index contributed by atoms with van der Waals surface area (Å²) in [6.07, 6.45) is 6.54. The van der Waals surface area contributed by atoms with Crippen LogP contribution in [0.1, 0.15) is 83.1 Å². The molecule has 1 aromatic rings. The number of halogens is 4. The number of nitrogens with one attached hydrogen (secondary N) is 4. The molecule has 1 aliphatic heterocycles. The van der Waals surface area contributed by atoms with Gasteiger partial charge in [0.15, 0.2) is 0 Å². The first kappa shape index (κ1) is 29.6. The predicted molar refractivity (Wildman–Crippen MR) is 137 cm³/mol. The highest BCUT2D eigenvalue weighted by atomic mass is 19.4. The highest BCUT2D eigenvalue weighted by molar-refractivity contribution is 5.89. The standard InChI is InChI=1S/C26H42F4N6O/c1-18-16-23(32-15-9-8-14-31)36(20-10-6-4-2-3-5-7-11-20)24(33-18)35-25(37)34-19-12-13-22(27)21(17-19)26(28,29)30/h12-13,17-18,20,23-24,32-33H,2-11,14-16,31H2,1H3,(H2,34,35,37). The Balaban J connectivity index is 1.76. The molecule has 1 saturated heterocycles. The van der Waals surface area contributed by atoms with Crippen molar-refractivity contribution in [1.82, 2.24) is 20.9 Å². The van der Waals surface area contributed by atoms with Crippen molar-refractivity contribution in [3.05, 3.63) is 29.6 Å². The third-order valence-corrected chi connectivity index (χ3v) is 7.23. The molecular weight excluding hydrogens is 488 g/mol. The smallest absolute Gasteiger partial charge is 0.330 e. The van der Waals surface area contributed by atoms with Crippen LogP contribution in [-0.2, 0) is 6.18 Å². The maximum absolute atomic E-state index is 13.7. The molecule has 11 heteroatoms. The summed E-state index contributed by atoms with van der Waals surface area (Å²) in [7, 11) is 0. The normalized spacial score (nSPS) is 24.6. The summed E-state index contributed by atoms with van der Waals surface area (Å²) in [6, 6.07) is 2.15. The predicted octanol–water partition coefficient (Wildman–Crippen LogP) is 5.09. The number of hydrogen-bond acceptors (Lipinski definition) is 5. The Morgan fingerprint density at radius 1 is 1.11 bits per heavy atom. The molecule has 3 unspecified atom stereocenters.